The summed E-state index contributed by atoms with van der Waals surface area (Å²) in [5, 5.41) is 1.20. The summed E-state index contributed by atoms with van der Waals surface area (Å²) in [6.45, 7) is 0. The van der Waals surface area contributed by atoms with Gasteiger partial charge in [-0.3, -0.25) is 4.98 Å². The normalized spacial score (nSPS) is 10.7. The summed E-state index contributed by atoms with van der Waals surface area (Å²) in [5.41, 5.74) is 4.95. The lowest BCUT2D eigenvalue weighted by molar-refractivity contribution is 1.11. The van der Waals surface area contributed by atoms with Crippen molar-refractivity contribution in [2.75, 3.05) is 19.0 Å². The van der Waals surface area contributed by atoms with Gasteiger partial charge in [0.15, 0.2) is 0 Å². The minimum absolute atomic E-state index is 0.951. The number of aromatic nitrogens is 1. The van der Waals surface area contributed by atoms with Gasteiger partial charge in [0.25, 0.3) is 0 Å². The van der Waals surface area contributed by atoms with Gasteiger partial charge < -0.3 is 4.90 Å². The Labute approximate surface area is 119 Å². The Hall–Kier alpha value is -2.35. The quantitative estimate of drug-likeness (QED) is 0.712. The van der Waals surface area contributed by atoms with Crippen LogP contribution in [0, 0.1) is 0 Å². The van der Waals surface area contributed by atoms with E-state index in [2.05, 4.69) is 72.5 Å². The number of hydrogen-bond donors (Lipinski definition) is 0. The molecule has 0 saturated heterocycles. The number of benzene rings is 2. The van der Waals surface area contributed by atoms with Gasteiger partial charge in [-0.2, -0.15) is 0 Å². The molecule has 1 aromatic heterocycles. The van der Waals surface area contributed by atoms with Gasteiger partial charge in [0.1, 0.15) is 0 Å². The van der Waals surface area contributed by atoms with Crippen LogP contribution in [-0.4, -0.2) is 19.1 Å². The van der Waals surface area contributed by atoms with E-state index in [1.54, 1.807) is 0 Å². The number of nitrogens with zero attached hydrogens (tertiary/aromatic N) is 2. The van der Waals surface area contributed by atoms with E-state index in [0.717, 1.165) is 11.9 Å². The van der Waals surface area contributed by atoms with Crippen LogP contribution in [-0.2, 0) is 6.42 Å². The third-order valence-electron chi connectivity index (χ3n) is 3.50. The highest BCUT2D eigenvalue weighted by Gasteiger charge is 2.01. The van der Waals surface area contributed by atoms with Gasteiger partial charge in [-0.25, -0.2) is 0 Å². The van der Waals surface area contributed by atoms with Crippen LogP contribution in [0.15, 0.2) is 60.8 Å². The Morgan fingerprint density at radius 3 is 2.60 bits per heavy atom. The summed E-state index contributed by atoms with van der Waals surface area (Å²) in [5.74, 6) is 0. The molecular formula is C18H18N2. The zero-order valence-corrected chi connectivity index (χ0v) is 11.9. The molecule has 3 aromatic rings. The zero-order chi connectivity index (χ0) is 13.9. The minimum atomic E-state index is 0.951. The smallest absolute Gasteiger partial charge is 0.0702 e. The molecule has 20 heavy (non-hydrogen) atoms. The van der Waals surface area contributed by atoms with Gasteiger partial charge in [0, 0.05) is 31.4 Å². The molecule has 0 atom stereocenters. The number of anilines is 1. The molecule has 2 heteroatoms. The van der Waals surface area contributed by atoms with E-state index in [9.17, 15) is 0 Å². The summed E-state index contributed by atoms with van der Waals surface area (Å²) in [7, 11) is 4.14. The van der Waals surface area contributed by atoms with E-state index in [1.807, 2.05) is 12.3 Å². The summed E-state index contributed by atoms with van der Waals surface area (Å²) in [6, 6.07) is 19.3. The van der Waals surface area contributed by atoms with Crippen LogP contribution in [0.3, 0.4) is 0 Å². The molecule has 0 aliphatic rings. The topological polar surface area (TPSA) is 16.1 Å². The van der Waals surface area contributed by atoms with Crippen LogP contribution < -0.4 is 4.90 Å². The fourth-order valence-electron chi connectivity index (χ4n) is 2.42. The van der Waals surface area contributed by atoms with Crippen LogP contribution in [0.2, 0.25) is 0 Å². The van der Waals surface area contributed by atoms with Crippen LogP contribution in [0.5, 0.6) is 0 Å². The number of hydrogen-bond acceptors (Lipinski definition) is 2. The fourth-order valence-corrected chi connectivity index (χ4v) is 2.42. The van der Waals surface area contributed by atoms with Crippen molar-refractivity contribution in [3.05, 3.63) is 71.9 Å². The maximum absolute atomic E-state index is 4.36. The van der Waals surface area contributed by atoms with E-state index in [4.69, 9.17) is 0 Å². The average molecular weight is 262 g/mol. The molecule has 0 amide bonds. The zero-order valence-electron chi connectivity index (χ0n) is 11.9. The second-order valence-corrected chi connectivity index (χ2v) is 5.27. The summed E-state index contributed by atoms with van der Waals surface area (Å²) in [6.07, 6.45) is 2.79. The minimum Gasteiger partial charge on any atom is -0.378 e. The molecule has 0 aliphatic carbocycles. The van der Waals surface area contributed by atoms with Gasteiger partial charge >= 0.3 is 0 Å². The summed E-state index contributed by atoms with van der Waals surface area (Å²) >= 11 is 0. The molecule has 0 bridgehead atoms. The molecule has 100 valence electrons. The molecule has 1 heterocycles. The SMILES string of the molecule is CN(C)c1cccc(Cc2ccc3ncccc3c2)c1. The Kier molecular flexibility index (Phi) is 3.38. The lowest BCUT2D eigenvalue weighted by atomic mass is 10.0. The van der Waals surface area contributed by atoms with Crippen LogP contribution in [0.1, 0.15) is 11.1 Å². The first-order chi connectivity index (χ1) is 9.72. The van der Waals surface area contributed by atoms with Crippen molar-refractivity contribution in [2.45, 2.75) is 6.42 Å². The van der Waals surface area contributed by atoms with Crippen molar-refractivity contribution < 1.29 is 0 Å². The molecule has 0 saturated carbocycles. The van der Waals surface area contributed by atoms with E-state index in [-0.39, 0.29) is 0 Å². The first-order valence-corrected chi connectivity index (χ1v) is 6.82. The second kappa shape index (κ2) is 5.33. The van der Waals surface area contributed by atoms with Crippen molar-refractivity contribution in [3.8, 4) is 0 Å². The maximum atomic E-state index is 4.36. The third-order valence-corrected chi connectivity index (χ3v) is 3.50. The fraction of sp³-hybridized carbons (Fsp3) is 0.167. The highest BCUT2D eigenvalue weighted by molar-refractivity contribution is 5.79. The molecule has 0 radical (unpaired) electrons. The molecule has 2 aromatic carbocycles. The van der Waals surface area contributed by atoms with Crippen molar-refractivity contribution in [3.63, 3.8) is 0 Å². The molecule has 0 unspecified atom stereocenters. The van der Waals surface area contributed by atoms with E-state index < -0.39 is 0 Å². The van der Waals surface area contributed by atoms with Crippen molar-refractivity contribution in [1.29, 1.82) is 0 Å². The van der Waals surface area contributed by atoms with E-state index in [1.165, 1.54) is 22.2 Å². The van der Waals surface area contributed by atoms with Crippen LogP contribution >= 0.6 is 0 Å². The Morgan fingerprint density at radius 2 is 1.75 bits per heavy atom. The van der Waals surface area contributed by atoms with Gasteiger partial charge in [-0.1, -0.05) is 24.3 Å². The van der Waals surface area contributed by atoms with Crippen LogP contribution in [0.4, 0.5) is 5.69 Å². The number of fused-ring (bicyclic) bond motifs is 1. The molecule has 2 nitrogen and oxygen atoms in total. The van der Waals surface area contributed by atoms with E-state index >= 15 is 0 Å². The Bertz CT molecular complexity index is 732. The second-order valence-electron chi connectivity index (χ2n) is 5.27. The van der Waals surface area contributed by atoms with Gasteiger partial charge in [0.2, 0.25) is 0 Å². The maximum Gasteiger partial charge on any atom is 0.0702 e. The van der Waals surface area contributed by atoms with Gasteiger partial charge in [-0.05, 0) is 47.9 Å². The van der Waals surface area contributed by atoms with Gasteiger partial charge in [-0.15, -0.1) is 0 Å². The number of pyridine rings is 1. The third kappa shape index (κ3) is 2.64. The van der Waals surface area contributed by atoms with Crippen molar-refractivity contribution in [2.24, 2.45) is 0 Å². The van der Waals surface area contributed by atoms with Crippen molar-refractivity contribution in [1.82, 2.24) is 4.98 Å². The lowest BCUT2D eigenvalue weighted by Crippen LogP contribution is -2.08. The summed E-state index contributed by atoms with van der Waals surface area (Å²) < 4.78 is 0. The Morgan fingerprint density at radius 1 is 0.900 bits per heavy atom. The van der Waals surface area contributed by atoms with E-state index in [0.29, 0.717) is 0 Å². The number of rotatable bonds is 3. The van der Waals surface area contributed by atoms with Crippen molar-refractivity contribution >= 4 is 16.6 Å². The Balaban J connectivity index is 1.90. The lowest BCUT2D eigenvalue weighted by Gasteiger charge is -2.13. The molecule has 0 aliphatic heterocycles. The first kappa shape index (κ1) is 12.7. The predicted molar refractivity (Wildman–Crippen MR) is 85.3 cm³/mol. The average Bonchev–Trinajstić information content (AvgIpc) is 2.47. The standard InChI is InChI=1S/C18H18N2/c1-20(2)17-7-3-5-14(13-17)11-15-8-9-18-16(12-15)6-4-10-19-18/h3-10,12-13H,11H2,1-2H3. The highest BCUT2D eigenvalue weighted by atomic mass is 15.1. The predicted octanol–water partition coefficient (Wildman–Crippen LogP) is 3.89. The monoisotopic (exact) mass is 262 g/mol. The highest BCUT2D eigenvalue weighted by Crippen LogP contribution is 2.19. The molecule has 0 N–H and O–H groups in total. The summed E-state index contributed by atoms with van der Waals surface area (Å²) in [4.78, 5) is 6.49. The molecule has 0 fully saturated rings. The molecule has 0 spiro atoms. The first-order valence-electron chi connectivity index (χ1n) is 6.82. The largest absolute Gasteiger partial charge is 0.378 e. The van der Waals surface area contributed by atoms with Crippen LogP contribution in [0.25, 0.3) is 10.9 Å². The molecular weight excluding hydrogens is 244 g/mol. The molecule has 3 rings (SSSR count). The van der Waals surface area contributed by atoms with Gasteiger partial charge in [0.05, 0.1) is 5.52 Å².